The smallest absolute Gasteiger partial charge is 0.200 e. The van der Waals surface area contributed by atoms with Crippen molar-refractivity contribution in [3.63, 3.8) is 0 Å². The van der Waals surface area contributed by atoms with Crippen molar-refractivity contribution in [3.8, 4) is 11.5 Å². The average Bonchev–Trinajstić information content (AvgIpc) is 3.37. The monoisotopic (exact) mass is 1010 g/mol. The van der Waals surface area contributed by atoms with Crippen LogP contribution >= 0.6 is 0 Å². The zero-order chi connectivity index (χ0) is 52.5. The molecule has 4 aromatic rings. The van der Waals surface area contributed by atoms with Gasteiger partial charge in [-0.05, 0) is 163 Å². The molecule has 4 aliphatic rings. The second-order valence-corrected chi connectivity index (χ2v) is 18.9. The maximum atomic E-state index is 13.7. The van der Waals surface area contributed by atoms with E-state index in [1.807, 2.05) is 33.8 Å². The SMILES string of the molecule is CC1=CCC(CCc2ccc(C)c(F)c2F)OC1.CC1=CCC(COc2ccc(C)c(F)c2F)OC1.Cc1ccc(CCC2=CCC(C)OC2)c(F)c1F.Cc1ccc(OCC2=CCC(C)OC2)c(F)c1F. The second-order valence-electron chi connectivity index (χ2n) is 18.9. The Morgan fingerprint density at radius 2 is 0.847 bits per heavy atom. The number of hydrogen-bond acceptors (Lipinski definition) is 6. The molecule has 0 fully saturated rings. The van der Waals surface area contributed by atoms with Gasteiger partial charge in [0.15, 0.2) is 46.4 Å². The van der Waals surface area contributed by atoms with E-state index >= 15 is 0 Å². The van der Waals surface area contributed by atoms with Crippen LogP contribution in [0.5, 0.6) is 11.5 Å². The van der Waals surface area contributed by atoms with E-state index in [2.05, 4.69) is 18.2 Å². The third kappa shape index (κ3) is 17.4. The summed E-state index contributed by atoms with van der Waals surface area (Å²) in [5, 5.41) is 0. The molecule has 4 heterocycles. The predicted molar refractivity (Wildman–Crippen MR) is 264 cm³/mol. The first-order valence-electron chi connectivity index (χ1n) is 24.5. The minimum Gasteiger partial charge on any atom is -0.488 e. The Bertz CT molecular complexity index is 2400. The molecule has 0 spiro atoms. The number of benzene rings is 4. The Labute approximate surface area is 419 Å². The summed E-state index contributed by atoms with van der Waals surface area (Å²) in [6.45, 7) is 17.0. The molecule has 0 saturated carbocycles. The van der Waals surface area contributed by atoms with Gasteiger partial charge < -0.3 is 28.4 Å². The molecule has 4 aliphatic heterocycles. The van der Waals surface area contributed by atoms with Crippen molar-refractivity contribution >= 4 is 0 Å². The van der Waals surface area contributed by atoms with Crippen LogP contribution in [0.4, 0.5) is 35.1 Å². The topological polar surface area (TPSA) is 55.4 Å². The fourth-order valence-corrected chi connectivity index (χ4v) is 7.63. The van der Waals surface area contributed by atoms with E-state index < -0.39 is 46.5 Å². The third-order valence-corrected chi connectivity index (χ3v) is 12.6. The standard InChI is InChI=1S/2C15H18F2O.2C14H16F2O2/c1-10-3-7-13(15(17)14(10)16)8-6-12-5-4-11(2)18-9-12;1-10-3-7-13(18-9-10)8-6-12-5-4-11(2)14(16)15(12)17;1-9-3-6-12(14(16)13(9)15)18-8-11-5-4-10(2)17-7-11;1-9-3-5-11(17-7-9)8-18-12-6-4-10(2)13(15)14(12)16/h3,5,7,11H,4,6,8-9H2,1-2H3;3-5,13H,6-9H2,1-2H3;3,5-6,10H,4,7-8H2,1-2H3;3-4,6,11H,5,7-8H2,1-2H3. The van der Waals surface area contributed by atoms with Crippen molar-refractivity contribution in [2.75, 3.05) is 39.6 Å². The van der Waals surface area contributed by atoms with Crippen LogP contribution in [0.2, 0.25) is 0 Å². The van der Waals surface area contributed by atoms with E-state index in [4.69, 9.17) is 28.4 Å². The van der Waals surface area contributed by atoms with Crippen molar-refractivity contribution in [2.45, 2.75) is 131 Å². The number of hydrogen-bond donors (Lipinski definition) is 0. The highest BCUT2D eigenvalue weighted by Gasteiger charge is 2.20. The molecule has 4 atom stereocenters. The number of halogens is 8. The Balaban J connectivity index is 0.000000178. The highest BCUT2D eigenvalue weighted by atomic mass is 19.2. The summed E-state index contributed by atoms with van der Waals surface area (Å²) in [6, 6.07) is 12.5. The molecular formula is C58H68F8O6. The lowest BCUT2D eigenvalue weighted by atomic mass is 10.0. The van der Waals surface area contributed by atoms with E-state index in [-0.39, 0.29) is 60.3 Å². The molecule has 4 aromatic carbocycles. The van der Waals surface area contributed by atoms with Gasteiger partial charge in [-0.1, -0.05) is 71.8 Å². The van der Waals surface area contributed by atoms with Gasteiger partial charge in [-0.2, -0.15) is 8.78 Å². The quantitative estimate of drug-likeness (QED) is 0.104. The van der Waals surface area contributed by atoms with Crippen LogP contribution in [0.25, 0.3) is 0 Å². The van der Waals surface area contributed by atoms with E-state index in [0.29, 0.717) is 61.5 Å². The van der Waals surface area contributed by atoms with Crippen LogP contribution < -0.4 is 9.47 Å². The molecule has 6 nitrogen and oxygen atoms in total. The number of aryl methyl sites for hydroxylation is 6. The lowest BCUT2D eigenvalue weighted by Crippen LogP contribution is -2.25. The molecule has 0 bridgehead atoms. The maximum absolute atomic E-state index is 13.7. The second kappa shape index (κ2) is 28.2. The van der Waals surface area contributed by atoms with Crippen LogP contribution in [0, 0.1) is 74.2 Å². The van der Waals surface area contributed by atoms with Crippen LogP contribution in [0.3, 0.4) is 0 Å². The van der Waals surface area contributed by atoms with E-state index in [1.165, 1.54) is 54.8 Å². The summed E-state index contributed by atoms with van der Waals surface area (Å²) in [6.07, 6.45) is 14.7. The van der Waals surface area contributed by atoms with Gasteiger partial charge in [0.25, 0.3) is 0 Å². The molecule has 4 unspecified atom stereocenters. The minimum absolute atomic E-state index is 0.0578. The van der Waals surface area contributed by atoms with Crippen LogP contribution in [0.15, 0.2) is 95.1 Å². The van der Waals surface area contributed by atoms with Gasteiger partial charge in [-0.15, -0.1) is 0 Å². The Morgan fingerprint density at radius 1 is 0.417 bits per heavy atom. The Morgan fingerprint density at radius 3 is 1.31 bits per heavy atom. The largest absolute Gasteiger partial charge is 0.488 e. The zero-order valence-electron chi connectivity index (χ0n) is 42.6. The molecule has 392 valence electrons. The first-order valence-corrected chi connectivity index (χ1v) is 24.5. The summed E-state index contributed by atoms with van der Waals surface area (Å²) in [5.74, 6) is -6.56. The van der Waals surface area contributed by atoms with Gasteiger partial charge in [-0.25, -0.2) is 26.3 Å². The number of ether oxygens (including phenoxy) is 6. The fraction of sp³-hybridized carbons (Fsp3) is 0.448. The van der Waals surface area contributed by atoms with Gasteiger partial charge in [0.05, 0.1) is 50.8 Å². The minimum atomic E-state index is -0.933. The first kappa shape index (κ1) is 57.6. The first-order chi connectivity index (χ1) is 34.3. The summed E-state index contributed by atoms with van der Waals surface area (Å²) in [4.78, 5) is 0. The van der Waals surface area contributed by atoms with E-state index in [1.54, 1.807) is 38.1 Å². The molecule has 14 heteroatoms. The van der Waals surface area contributed by atoms with E-state index in [9.17, 15) is 35.1 Å². The van der Waals surface area contributed by atoms with Crippen LogP contribution in [0.1, 0.15) is 99.6 Å². The summed E-state index contributed by atoms with van der Waals surface area (Å²) < 4.78 is 140. The molecular weight excluding hydrogens is 945 g/mol. The van der Waals surface area contributed by atoms with E-state index in [0.717, 1.165) is 44.1 Å². The van der Waals surface area contributed by atoms with Gasteiger partial charge in [-0.3, -0.25) is 0 Å². The molecule has 8 rings (SSSR count). The summed E-state index contributed by atoms with van der Waals surface area (Å²) in [7, 11) is 0. The zero-order valence-corrected chi connectivity index (χ0v) is 42.6. The molecule has 0 aliphatic carbocycles. The van der Waals surface area contributed by atoms with Crippen LogP contribution in [-0.4, -0.2) is 64.1 Å². The van der Waals surface area contributed by atoms with Gasteiger partial charge in [0, 0.05) is 0 Å². The molecule has 0 aromatic heterocycles. The lowest BCUT2D eigenvalue weighted by Gasteiger charge is -2.21. The lowest BCUT2D eigenvalue weighted by molar-refractivity contribution is 0.0259. The highest BCUT2D eigenvalue weighted by molar-refractivity contribution is 5.32. The molecule has 0 radical (unpaired) electrons. The van der Waals surface area contributed by atoms with Crippen molar-refractivity contribution in [2.24, 2.45) is 0 Å². The molecule has 0 saturated heterocycles. The fourth-order valence-electron chi connectivity index (χ4n) is 7.63. The Hall–Kier alpha value is -5.28. The van der Waals surface area contributed by atoms with Crippen LogP contribution in [-0.2, 0) is 31.8 Å². The van der Waals surface area contributed by atoms with Crippen molar-refractivity contribution < 1.29 is 63.5 Å². The normalized spacial score (nSPS) is 19.7. The average molecular weight is 1010 g/mol. The Kier molecular flexibility index (Phi) is 22.6. The van der Waals surface area contributed by atoms with Crippen molar-refractivity contribution in [3.05, 3.63) is 175 Å². The maximum Gasteiger partial charge on any atom is 0.200 e. The van der Waals surface area contributed by atoms with Gasteiger partial charge in [0.1, 0.15) is 13.2 Å². The highest BCUT2D eigenvalue weighted by Crippen LogP contribution is 2.27. The molecule has 0 N–H and O–H groups in total. The third-order valence-electron chi connectivity index (χ3n) is 12.6. The summed E-state index contributed by atoms with van der Waals surface area (Å²) in [5.41, 5.74) is 6.67. The van der Waals surface area contributed by atoms with Gasteiger partial charge in [0.2, 0.25) is 11.6 Å². The summed E-state index contributed by atoms with van der Waals surface area (Å²) >= 11 is 0. The number of rotatable bonds is 12. The van der Waals surface area contributed by atoms with Crippen molar-refractivity contribution in [1.82, 2.24) is 0 Å². The predicted octanol–water partition coefficient (Wildman–Crippen LogP) is 14.7. The molecule has 72 heavy (non-hydrogen) atoms. The van der Waals surface area contributed by atoms with Crippen molar-refractivity contribution in [1.29, 1.82) is 0 Å². The van der Waals surface area contributed by atoms with Gasteiger partial charge >= 0.3 is 0 Å². The molecule has 0 amide bonds.